The largest absolute Gasteiger partial charge is 0.420 e. The number of hydrogen-bond acceptors (Lipinski definition) is 5. The minimum Gasteiger partial charge on any atom is -0.420 e. The van der Waals surface area contributed by atoms with E-state index in [-0.39, 0.29) is 5.91 Å². The second-order valence-electron chi connectivity index (χ2n) is 6.02. The third-order valence-corrected chi connectivity index (χ3v) is 4.24. The van der Waals surface area contributed by atoms with E-state index in [2.05, 4.69) is 22.0 Å². The zero-order valence-corrected chi connectivity index (χ0v) is 14.9. The number of amides is 1. The number of nitrogens with zero attached hydrogens (tertiary/aromatic N) is 3. The van der Waals surface area contributed by atoms with Gasteiger partial charge in [0.2, 0.25) is 0 Å². The Balaban J connectivity index is 1.74. The van der Waals surface area contributed by atoms with Crippen molar-refractivity contribution in [2.75, 3.05) is 44.3 Å². The number of anilines is 1. The van der Waals surface area contributed by atoms with E-state index in [9.17, 15) is 4.79 Å². The molecule has 2 aliphatic heterocycles. The molecule has 0 saturated carbocycles. The molecule has 0 aliphatic carbocycles. The molecule has 2 aliphatic rings. The molecule has 0 spiro atoms. The van der Waals surface area contributed by atoms with Crippen LogP contribution in [0.5, 0.6) is 0 Å². The van der Waals surface area contributed by atoms with Crippen LogP contribution in [0.4, 0.5) is 5.69 Å². The lowest BCUT2D eigenvalue weighted by atomic mass is 10.1. The minimum absolute atomic E-state index is 0.130. The summed E-state index contributed by atoms with van der Waals surface area (Å²) in [6.07, 6.45) is 2.70. The number of likely N-dealkylation sites (N-methyl/N-ethyl adjacent to an activating group) is 1. The predicted octanol–water partition coefficient (Wildman–Crippen LogP) is 2.51. The number of benzene rings is 1. The van der Waals surface area contributed by atoms with E-state index < -0.39 is 0 Å². The highest BCUT2D eigenvalue weighted by molar-refractivity contribution is 6.11. The van der Waals surface area contributed by atoms with E-state index in [1.807, 2.05) is 26.0 Å². The van der Waals surface area contributed by atoms with Gasteiger partial charge >= 0.3 is 0 Å². The average Bonchev–Trinajstić information content (AvgIpc) is 2.96. The van der Waals surface area contributed by atoms with Crippen molar-refractivity contribution in [1.29, 1.82) is 0 Å². The maximum Gasteiger partial charge on any atom is 0.300 e. The molecule has 2 fully saturated rings. The van der Waals surface area contributed by atoms with Gasteiger partial charge < -0.3 is 14.4 Å². The van der Waals surface area contributed by atoms with E-state index >= 15 is 0 Å². The standard InChI is InChI=1S/C19H25N3O3/c1-3-9-20-19-22(4-2)18(23)17(25-19)14-15-5-7-16(8-6-15)21-10-12-24-13-11-21/h5-8,14H,3-4,9-13H2,1-2H3/b17-14+,20-19?. The Labute approximate surface area is 148 Å². The van der Waals surface area contributed by atoms with Crippen LogP contribution in [0.2, 0.25) is 0 Å². The molecule has 25 heavy (non-hydrogen) atoms. The molecule has 0 aromatic heterocycles. The molecule has 0 radical (unpaired) electrons. The zero-order valence-electron chi connectivity index (χ0n) is 14.9. The second-order valence-corrected chi connectivity index (χ2v) is 6.02. The van der Waals surface area contributed by atoms with E-state index in [0.29, 0.717) is 24.9 Å². The van der Waals surface area contributed by atoms with Gasteiger partial charge in [-0.15, -0.1) is 0 Å². The lowest BCUT2D eigenvalue weighted by molar-refractivity contribution is -0.122. The number of hydrogen-bond donors (Lipinski definition) is 0. The fourth-order valence-electron chi connectivity index (χ4n) is 2.87. The Morgan fingerprint density at radius 3 is 2.52 bits per heavy atom. The molecule has 6 heteroatoms. The summed E-state index contributed by atoms with van der Waals surface area (Å²) >= 11 is 0. The molecule has 2 saturated heterocycles. The molecule has 0 unspecified atom stereocenters. The molecule has 6 nitrogen and oxygen atoms in total. The van der Waals surface area contributed by atoms with Crippen LogP contribution in [-0.2, 0) is 14.3 Å². The van der Waals surface area contributed by atoms with Crippen LogP contribution in [0.3, 0.4) is 0 Å². The third kappa shape index (κ3) is 4.02. The molecule has 0 bridgehead atoms. The zero-order chi connectivity index (χ0) is 17.6. The van der Waals surface area contributed by atoms with Gasteiger partial charge in [0.15, 0.2) is 5.76 Å². The summed E-state index contributed by atoms with van der Waals surface area (Å²) in [5, 5.41) is 0. The van der Waals surface area contributed by atoms with Crippen LogP contribution in [0.25, 0.3) is 6.08 Å². The van der Waals surface area contributed by atoms with Crippen molar-refractivity contribution < 1.29 is 14.3 Å². The Bertz CT molecular complexity index is 661. The number of morpholine rings is 1. The van der Waals surface area contributed by atoms with Crippen LogP contribution in [0.15, 0.2) is 35.0 Å². The number of amidine groups is 1. The average molecular weight is 343 g/mol. The van der Waals surface area contributed by atoms with E-state index in [1.54, 1.807) is 11.0 Å². The maximum absolute atomic E-state index is 12.5. The minimum atomic E-state index is -0.130. The summed E-state index contributed by atoms with van der Waals surface area (Å²) in [5.74, 6) is 0.199. The number of rotatable bonds is 5. The SMILES string of the molecule is CCCN=C1O/C(=C/c2ccc(N3CCOCC3)cc2)C(=O)N1CC. The first kappa shape index (κ1) is 17.5. The first-order chi connectivity index (χ1) is 12.2. The molecule has 2 heterocycles. The molecule has 134 valence electrons. The fraction of sp³-hybridized carbons (Fsp3) is 0.474. The molecular formula is C19H25N3O3. The van der Waals surface area contributed by atoms with Crippen molar-refractivity contribution in [3.05, 3.63) is 35.6 Å². The molecule has 3 rings (SSSR count). The van der Waals surface area contributed by atoms with Crippen LogP contribution in [0.1, 0.15) is 25.8 Å². The topological polar surface area (TPSA) is 54.4 Å². The third-order valence-electron chi connectivity index (χ3n) is 4.24. The summed E-state index contributed by atoms with van der Waals surface area (Å²) in [5.41, 5.74) is 2.11. The lowest BCUT2D eigenvalue weighted by Gasteiger charge is -2.28. The van der Waals surface area contributed by atoms with Crippen molar-refractivity contribution in [2.45, 2.75) is 20.3 Å². The van der Waals surface area contributed by atoms with Crippen molar-refractivity contribution >= 4 is 23.7 Å². The summed E-state index contributed by atoms with van der Waals surface area (Å²) in [4.78, 5) is 20.7. The van der Waals surface area contributed by atoms with Gasteiger partial charge in [-0.3, -0.25) is 9.69 Å². The van der Waals surface area contributed by atoms with Crippen molar-refractivity contribution in [1.82, 2.24) is 4.90 Å². The predicted molar refractivity (Wildman–Crippen MR) is 98.5 cm³/mol. The van der Waals surface area contributed by atoms with Gasteiger partial charge in [0.05, 0.1) is 13.2 Å². The van der Waals surface area contributed by atoms with Crippen LogP contribution in [-0.4, -0.2) is 56.2 Å². The Morgan fingerprint density at radius 2 is 1.88 bits per heavy atom. The van der Waals surface area contributed by atoms with Crippen LogP contribution >= 0.6 is 0 Å². The molecule has 1 aromatic rings. The Hall–Kier alpha value is -2.34. The van der Waals surface area contributed by atoms with Crippen molar-refractivity contribution in [3.63, 3.8) is 0 Å². The summed E-state index contributed by atoms with van der Waals surface area (Å²) in [6, 6.07) is 8.56. The number of aliphatic imine (C=N–C) groups is 1. The fourth-order valence-corrected chi connectivity index (χ4v) is 2.87. The van der Waals surface area contributed by atoms with Gasteiger partial charge in [-0.2, -0.15) is 0 Å². The summed E-state index contributed by atoms with van der Waals surface area (Å²) in [7, 11) is 0. The Kier molecular flexibility index (Phi) is 5.71. The smallest absolute Gasteiger partial charge is 0.300 e. The molecule has 0 atom stereocenters. The first-order valence-corrected chi connectivity index (χ1v) is 8.91. The summed E-state index contributed by atoms with van der Waals surface area (Å²) in [6.45, 7) is 8.51. The highest BCUT2D eigenvalue weighted by Gasteiger charge is 2.33. The highest BCUT2D eigenvalue weighted by atomic mass is 16.5. The van der Waals surface area contributed by atoms with Gasteiger partial charge in [0.25, 0.3) is 11.9 Å². The van der Waals surface area contributed by atoms with Crippen molar-refractivity contribution in [2.24, 2.45) is 4.99 Å². The molecule has 1 aromatic carbocycles. The van der Waals surface area contributed by atoms with Gasteiger partial charge in [0.1, 0.15) is 0 Å². The number of carbonyl (C=O) groups is 1. The van der Waals surface area contributed by atoms with Crippen LogP contribution < -0.4 is 4.90 Å². The highest BCUT2D eigenvalue weighted by Crippen LogP contribution is 2.22. The van der Waals surface area contributed by atoms with Crippen molar-refractivity contribution in [3.8, 4) is 0 Å². The van der Waals surface area contributed by atoms with Gasteiger partial charge in [0, 0.05) is 31.9 Å². The van der Waals surface area contributed by atoms with E-state index in [4.69, 9.17) is 9.47 Å². The van der Waals surface area contributed by atoms with E-state index in [1.165, 1.54) is 5.69 Å². The lowest BCUT2D eigenvalue weighted by Crippen LogP contribution is -2.36. The number of ether oxygens (including phenoxy) is 2. The van der Waals surface area contributed by atoms with Gasteiger partial charge in [-0.1, -0.05) is 19.1 Å². The summed E-state index contributed by atoms with van der Waals surface area (Å²) < 4.78 is 11.1. The normalized spacial score (nSPS) is 21.3. The second kappa shape index (κ2) is 8.16. The van der Waals surface area contributed by atoms with Gasteiger partial charge in [-0.25, -0.2) is 4.99 Å². The van der Waals surface area contributed by atoms with Crippen LogP contribution in [0, 0.1) is 0 Å². The Morgan fingerprint density at radius 1 is 1.16 bits per heavy atom. The molecular weight excluding hydrogens is 318 g/mol. The molecule has 1 amide bonds. The van der Waals surface area contributed by atoms with Gasteiger partial charge in [-0.05, 0) is 37.1 Å². The first-order valence-electron chi connectivity index (χ1n) is 8.91. The quantitative estimate of drug-likeness (QED) is 0.771. The monoisotopic (exact) mass is 343 g/mol. The van der Waals surface area contributed by atoms with E-state index in [0.717, 1.165) is 38.3 Å². The molecule has 0 N–H and O–H groups in total. The number of carbonyl (C=O) groups excluding carboxylic acids is 1. The maximum atomic E-state index is 12.5.